The van der Waals surface area contributed by atoms with E-state index in [-0.39, 0.29) is 10.5 Å². The fourth-order valence-corrected chi connectivity index (χ4v) is 3.81. The van der Waals surface area contributed by atoms with Gasteiger partial charge in [-0.05, 0) is 31.2 Å². The molecule has 2 rings (SSSR count). The summed E-state index contributed by atoms with van der Waals surface area (Å²) in [4.78, 5) is 28.4. The number of carbonyl (C=O) groups is 2. The number of nitrogens with zero attached hydrogens (tertiary/aromatic N) is 3. The number of ketones is 1. The normalized spacial score (nSPS) is 12.4. The molecule has 1 heterocycles. The van der Waals surface area contributed by atoms with Crippen LogP contribution in [0.3, 0.4) is 0 Å². The number of ether oxygens (including phenoxy) is 1. The molecule has 2 aromatic rings. The number of sulfonamides is 1. The summed E-state index contributed by atoms with van der Waals surface area (Å²) in [6.07, 6.45) is 0. The summed E-state index contributed by atoms with van der Waals surface area (Å²) in [7, 11) is -0.800. The van der Waals surface area contributed by atoms with Crippen molar-refractivity contribution in [2.45, 2.75) is 17.7 Å². The zero-order valence-corrected chi connectivity index (χ0v) is 16.5. The molecule has 27 heavy (non-hydrogen) atoms. The van der Waals surface area contributed by atoms with Gasteiger partial charge < -0.3 is 4.74 Å². The lowest BCUT2D eigenvalue weighted by molar-refractivity contribution is -0.122. The van der Waals surface area contributed by atoms with Crippen molar-refractivity contribution in [3.05, 3.63) is 45.9 Å². The summed E-state index contributed by atoms with van der Waals surface area (Å²) < 4.78 is 30.0. The first-order valence-corrected chi connectivity index (χ1v) is 10.0. The fraction of sp³-hybridized carbons (Fsp3) is 0.294. The predicted octanol–water partition coefficient (Wildman–Crippen LogP) is 1.74. The fourth-order valence-electron chi connectivity index (χ4n) is 2.05. The molecule has 0 saturated carbocycles. The summed E-state index contributed by atoms with van der Waals surface area (Å²) in [5.74, 6) is -2.46. The number of benzene rings is 1. The first kappa shape index (κ1) is 20.7. The summed E-state index contributed by atoms with van der Waals surface area (Å²) in [6, 6.07) is 7.03. The topological polar surface area (TPSA) is 117 Å². The third-order valence-electron chi connectivity index (χ3n) is 3.55. The van der Waals surface area contributed by atoms with Crippen molar-refractivity contribution in [3.8, 4) is 6.07 Å². The second-order valence-corrected chi connectivity index (χ2v) is 8.79. The molecule has 0 radical (unpaired) electrons. The Morgan fingerprint density at radius 3 is 2.41 bits per heavy atom. The zero-order valence-electron chi connectivity index (χ0n) is 14.9. The van der Waals surface area contributed by atoms with E-state index in [2.05, 4.69) is 4.98 Å². The molecule has 1 aromatic carbocycles. The molecule has 142 valence electrons. The van der Waals surface area contributed by atoms with Crippen molar-refractivity contribution in [2.24, 2.45) is 0 Å². The second-order valence-electron chi connectivity index (χ2n) is 5.74. The van der Waals surface area contributed by atoms with E-state index < -0.39 is 34.3 Å². The lowest BCUT2D eigenvalue weighted by atomic mass is 10.1. The molecule has 0 N–H and O–H groups in total. The first-order valence-electron chi connectivity index (χ1n) is 7.71. The number of hydrogen-bond acceptors (Lipinski definition) is 8. The van der Waals surface area contributed by atoms with Gasteiger partial charge in [-0.2, -0.15) is 5.26 Å². The van der Waals surface area contributed by atoms with Gasteiger partial charge >= 0.3 is 5.97 Å². The Labute approximate surface area is 161 Å². The SMILES string of the molecule is Cc1csc([C@@H](C#N)C(=O)COC(=O)c2ccc(S(=O)(=O)N(C)C)cc2)n1. The maximum atomic E-state index is 12.2. The van der Waals surface area contributed by atoms with Crippen molar-refractivity contribution < 1.29 is 22.7 Å². The van der Waals surface area contributed by atoms with E-state index in [1.54, 1.807) is 12.3 Å². The first-order chi connectivity index (χ1) is 12.7. The molecule has 0 spiro atoms. The Morgan fingerprint density at radius 2 is 1.93 bits per heavy atom. The minimum atomic E-state index is -3.60. The van der Waals surface area contributed by atoms with Crippen LogP contribution in [0.2, 0.25) is 0 Å². The van der Waals surface area contributed by atoms with E-state index in [1.807, 2.05) is 6.07 Å². The number of esters is 1. The lowest BCUT2D eigenvalue weighted by Crippen LogP contribution is -2.22. The molecule has 1 atom stereocenters. The highest BCUT2D eigenvalue weighted by Crippen LogP contribution is 2.21. The summed E-state index contributed by atoms with van der Waals surface area (Å²) in [6.45, 7) is 1.17. The number of rotatable bonds is 7. The van der Waals surface area contributed by atoms with E-state index in [4.69, 9.17) is 4.74 Å². The van der Waals surface area contributed by atoms with E-state index >= 15 is 0 Å². The summed E-state index contributed by atoms with van der Waals surface area (Å²) >= 11 is 1.19. The standard InChI is InChI=1S/C17H17N3O5S2/c1-11-10-26-16(19-11)14(8-18)15(21)9-25-17(22)12-4-6-13(7-5-12)27(23,24)20(2)3/h4-7,10,14H,9H2,1-3H3/t14-/m0/s1. The number of thiazole rings is 1. The molecule has 10 heteroatoms. The van der Waals surface area contributed by atoms with Crippen molar-refractivity contribution in [1.29, 1.82) is 5.26 Å². The lowest BCUT2D eigenvalue weighted by Gasteiger charge is -2.11. The summed E-state index contributed by atoms with van der Waals surface area (Å²) in [5.41, 5.74) is 0.798. The average molecular weight is 407 g/mol. The number of aromatic nitrogens is 1. The minimum absolute atomic E-state index is 0.0313. The number of carbonyl (C=O) groups excluding carboxylic acids is 2. The van der Waals surface area contributed by atoms with Crippen LogP contribution >= 0.6 is 11.3 Å². The molecular formula is C17H17N3O5S2. The van der Waals surface area contributed by atoms with Crippen molar-refractivity contribution in [2.75, 3.05) is 20.7 Å². The van der Waals surface area contributed by atoms with Crippen LogP contribution in [-0.2, 0) is 19.6 Å². The molecule has 0 aliphatic rings. The quantitative estimate of drug-likeness (QED) is 0.642. The maximum Gasteiger partial charge on any atom is 0.338 e. The third kappa shape index (κ3) is 4.77. The van der Waals surface area contributed by atoms with Crippen LogP contribution in [0.15, 0.2) is 34.5 Å². The van der Waals surface area contributed by atoms with Gasteiger partial charge in [0.1, 0.15) is 5.01 Å². The van der Waals surface area contributed by atoms with E-state index in [0.29, 0.717) is 10.7 Å². The van der Waals surface area contributed by atoms with Gasteiger partial charge in [-0.1, -0.05) is 0 Å². The van der Waals surface area contributed by atoms with Gasteiger partial charge in [-0.25, -0.2) is 22.5 Å². The van der Waals surface area contributed by atoms with Gasteiger partial charge in [0, 0.05) is 25.2 Å². The Bertz CT molecular complexity index is 988. The van der Waals surface area contributed by atoms with E-state index in [0.717, 1.165) is 4.31 Å². The van der Waals surface area contributed by atoms with Crippen LogP contribution in [-0.4, -0.2) is 50.2 Å². The molecule has 1 aromatic heterocycles. The van der Waals surface area contributed by atoms with Crippen LogP contribution in [0.25, 0.3) is 0 Å². The smallest absolute Gasteiger partial charge is 0.338 e. The van der Waals surface area contributed by atoms with Gasteiger partial charge in [0.05, 0.1) is 16.5 Å². The molecule has 0 unspecified atom stereocenters. The van der Waals surface area contributed by atoms with Crippen LogP contribution < -0.4 is 0 Å². The molecule has 0 bridgehead atoms. The highest BCUT2D eigenvalue weighted by atomic mass is 32.2. The van der Waals surface area contributed by atoms with Gasteiger partial charge in [0.25, 0.3) is 0 Å². The van der Waals surface area contributed by atoms with Gasteiger partial charge in [0.2, 0.25) is 10.0 Å². The summed E-state index contributed by atoms with van der Waals surface area (Å²) in [5, 5.41) is 11.3. The van der Waals surface area contributed by atoms with E-state index in [9.17, 15) is 23.3 Å². The molecule has 0 amide bonds. The Kier molecular flexibility index (Phi) is 6.43. The maximum absolute atomic E-state index is 12.2. The Morgan fingerprint density at radius 1 is 1.30 bits per heavy atom. The molecule has 8 nitrogen and oxygen atoms in total. The van der Waals surface area contributed by atoms with Crippen molar-refractivity contribution >= 4 is 33.1 Å². The monoisotopic (exact) mass is 407 g/mol. The van der Waals surface area contributed by atoms with Gasteiger partial charge in [0.15, 0.2) is 18.3 Å². The third-order valence-corrected chi connectivity index (χ3v) is 6.41. The van der Waals surface area contributed by atoms with Gasteiger partial charge in [-0.15, -0.1) is 11.3 Å². The molecular weight excluding hydrogens is 390 g/mol. The molecule has 0 aliphatic heterocycles. The second kappa shape index (κ2) is 8.39. The number of aryl methyl sites for hydroxylation is 1. The van der Waals surface area contributed by atoms with Crippen molar-refractivity contribution in [1.82, 2.24) is 9.29 Å². The van der Waals surface area contributed by atoms with Crippen LogP contribution in [0.4, 0.5) is 0 Å². The largest absolute Gasteiger partial charge is 0.454 e. The van der Waals surface area contributed by atoms with Crippen molar-refractivity contribution in [3.63, 3.8) is 0 Å². The molecule has 0 saturated heterocycles. The minimum Gasteiger partial charge on any atom is -0.454 e. The Hall–Kier alpha value is -2.61. The number of nitriles is 1. The molecule has 0 aliphatic carbocycles. The number of hydrogen-bond donors (Lipinski definition) is 0. The van der Waals surface area contributed by atoms with Crippen LogP contribution in [0, 0.1) is 18.3 Å². The van der Waals surface area contributed by atoms with Crippen LogP contribution in [0.5, 0.6) is 0 Å². The number of Topliss-reactive ketones (excluding diaryl/α,β-unsaturated/α-hetero) is 1. The highest BCUT2D eigenvalue weighted by Gasteiger charge is 2.25. The average Bonchev–Trinajstić information content (AvgIpc) is 3.06. The Balaban J connectivity index is 2.03. The highest BCUT2D eigenvalue weighted by molar-refractivity contribution is 7.89. The van der Waals surface area contributed by atoms with Gasteiger partial charge in [-0.3, -0.25) is 4.79 Å². The predicted molar refractivity (Wildman–Crippen MR) is 97.8 cm³/mol. The molecule has 0 fully saturated rings. The zero-order chi connectivity index (χ0) is 20.2. The van der Waals surface area contributed by atoms with Crippen LogP contribution in [0.1, 0.15) is 27.0 Å². The van der Waals surface area contributed by atoms with E-state index in [1.165, 1.54) is 49.7 Å².